The molecule has 1 aliphatic carbocycles. The lowest BCUT2D eigenvalue weighted by Crippen LogP contribution is -2.36. The van der Waals surface area contributed by atoms with Gasteiger partial charge in [-0.3, -0.25) is 9.69 Å². The highest BCUT2D eigenvalue weighted by atomic mass is 16.1. The summed E-state index contributed by atoms with van der Waals surface area (Å²) in [5.74, 6) is 0.587. The Morgan fingerprint density at radius 1 is 1.12 bits per heavy atom. The Morgan fingerprint density at radius 3 is 2.77 bits per heavy atom. The van der Waals surface area contributed by atoms with E-state index in [-0.39, 0.29) is 5.91 Å². The van der Waals surface area contributed by atoms with Gasteiger partial charge in [0.05, 0.1) is 0 Å². The van der Waals surface area contributed by atoms with E-state index in [2.05, 4.69) is 41.4 Å². The van der Waals surface area contributed by atoms with Crippen LogP contribution in [0.3, 0.4) is 0 Å². The molecule has 1 saturated heterocycles. The summed E-state index contributed by atoms with van der Waals surface area (Å²) in [6.07, 6.45) is 4.71. The summed E-state index contributed by atoms with van der Waals surface area (Å²) in [7, 11) is 0. The van der Waals surface area contributed by atoms with Crippen molar-refractivity contribution in [1.29, 1.82) is 0 Å². The van der Waals surface area contributed by atoms with Crippen LogP contribution in [-0.4, -0.2) is 29.9 Å². The molecule has 0 radical (unpaired) electrons. The van der Waals surface area contributed by atoms with E-state index in [0.29, 0.717) is 18.5 Å². The summed E-state index contributed by atoms with van der Waals surface area (Å²) in [6.45, 7) is 5.19. The normalized spacial score (nSPS) is 21.9. The van der Waals surface area contributed by atoms with Gasteiger partial charge in [-0.15, -0.1) is 0 Å². The zero-order valence-electron chi connectivity index (χ0n) is 15.6. The minimum absolute atomic E-state index is 0.0697. The van der Waals surface area contributed by atoms with Crippen LogP contribution < -0.4 is 5.32 Å². The van der Waals surface area contributed by atoms with E-state index < -0.39 is 0 Å². The number of carbonyl (C=O) groups excluding carboxylic acids is 1. The standard InChI is InChI=1S/C23H28N2O/c1-2-14-25-15-13-19-21(25)12-11-18-9-6-10-20(22(18)19)23(26)24-16-17-7-4-3-5-8-17/h3-10,19,21H,2,11-16H2,1H3,(H,24,26)/t19-,21-/m1/s1. The van der Waals surface area contributed by atoms with Gasteiger partial charge in [-0.2, -0.15) is 0 Å². The van der Waals surface area contributed by atoms with Crippen molar-refractivity contribution in [3.8, 4) is 0 Å². The highest BCUT2D eigenvalue weighted by Gasteiger charge is 2.39. The molecule has 1 fully saturated rings. The van der Waals surface area contributed by atoms with E-state index >= 15 is 0 Å². The zero-order chi connectivity index (χ0) is 17.9. The van der Waals surface area contributed by atoms with Gasteiger partial charge in [0.25, 0.3) is 5.91 Å². The Kier molecular flexibility index (Phi) is 5.07. The van der Waals surface area contributed by atoms with Crippen LogP contribution in [0, 0.1) is 0 Å². The number of likely N-dealkylation sites (tertiary alicyclic amines) is 1. The van der Waals surface area contributed by atoms with Crippen LogP contribution in [0.1, 0.15) is 59.2 Å². The predicted molar refractivity (Wildman–Crippen MR) is 105 cm³/mol. The van der Waals surface area contributed by atoms with E-state index in [4.69, 9.17) is 0 Å². The Balaban J connectivity index is 1.56. The molecular formula is C23H28N2O. The van der Waals surface area contributed by atoms with Crippen molar-refractivity contribution in [2.75, 3.05) is 13.1 Å². The van der Waals surface area contributed by atoms with Crippen LogP contribution in [0.5, 0.6) is 0 Å². The van der Waals surface area contributed by atoms with Crippen LogP contribution in [0.2, 0.25) is 0 Å². The first-order valence-corrected chi connectivity index (χ1v) is 9.96. The molecule has 4 rings (SSSR count). The molecule has 0 saturated carbocycles. The largest absolute Gasteiger partial charge is 0.348 e. The molecule has 1 aliphatic heterocycles. The van der Waals surface area contributed by atoms with E-state index in [1.807, 2.05) is 24.3 Å². The molecule has 1 heterocycles. The fraction of sp³-hybridized carbons (Fsp3) is 0.435. The van der Waals surface area contributed by atoms with Crippen molar-refractivity contribution < 1.29 is 4.79 Å². The molecular weight excluding hydrogens is 320 g/mol. The lowest BCUT2D eigenvalue weighted by atomic mass is 9.77. The summed E-state index contributed by atoms with van der Waals surface area (Å²) < 4.78 is 0. The summed E-state index contributed by atoms with van der Waals surface area (Å²) in [5, 5.41) is 3.13. The van der Waals surface area contributed by atoms with Crippen molar-refractivity contribution in [3.05, 3.63) is 70.8 Å². The van der Waals surface area contributed by atoms with Crippen molar-refractivity contribution in [2.45, 2.75) is 51.1 Å². The molecule has 1 N–H and O–H groups in total. The Bertz CT molecular complexity index is 771. The lowest BCUT2D eigenvalue weighted by molar-refractivity contribution is 0.0948. The summed E-state index contributed by atoms with van der Waals surface area (Å²) in [4.78, 5) is 15.6. The van der Waals surface area contributed by atoms with Crippen molar-refractivity contribution >= 4 is 5.91 Å². The second-order valence-electron chi connectivity index (χ2n) is 7.58. The third-order valence-corrected chi connectivity index (χ3v) is 5.99. The highest BCUT2D eigenvalue weighted by molar-refractivity contribution is 5.96. The lowest BCUT2D eigenvalue weighted by Gasteiger charge is -2.34. The number of rotatable bonds is 5. The number of fused-ring (bicyclic) bond motifs is 3. The highest BCUT2D eigenvalue weighted by Crippen LogP contribution is 2.43. The Hall–Kier alpha value is -2.13. The maximum Gasteiger partial charge on any atom is 0.251 e. The maximum absolute atomic E-state index is 13.0. The van der Waals surface area contributed by atoms with Gasteiger partial charge in [0.15, 0.2) is 0 Å². The zero-order valence-corrected chi connectivity index (χ0v) is 15.6. The molecule has 26 heavy (non-hydrogen) atoms. The molecule has 3 nitrogen and oxygen atoms in total. The number of benzene rings is 2. The van der Waals surface area contributed by atoms with E-state index in [1.54, 1.807) is 0 Å². The van der Waals surface area contributed by atoms with E-state index in [1.165, 1.54) is 43.5 Å². The molecule has 136 valence electrons. The fourth-order valence-corrected chi connectivity index (χ4v) is 4.85. The smallest absolute Gasteiger partial charge is 0.251 e. The minimum atomic E-state index is 0.0697. The van der Waals surface area contributed by atoms with Gasteiger partial charge < -0.3 is 5.32 Å². The number of carbonyl (C=O) groups is 1. The molecule has 2 aliphatic rings. The molecule has 0 spiro atoms. The number of amides is 1. The fourth-order valence-electron chi connectivity index (χ4n) is 4.85. The molecule has 3 heteroatoms. The van der Waals surface area contributed by atoms with Gasteiger partial charge in [-0.25, -0.2) is 0 Å². The first kappa shape index (κ1) is 17.3. The number of aryl methyl sites for hydroxylation is 1. The molecule has 0 aromatic heterocycles. The average Bonchev–Trinajstić information content (AvgIpc) is 3.10. The second kappa shape index (κ2) is 7.63. The van der Waals surface area contributed by atoms with Gasteiger partial charge in [-0.05, 0) is 61.5 Å². The summed E-state index contributed by atoms with van der Waals surface area (Å²) in [6, 6.07) is 17.0. The number of nitrogens with zero attached hydrogens (tertiary/aromatic N) is 1. The van der Waals surface area contributed by atoms with Crippen LogP contribution in [0.25, 0.3) is 0 Å². The minimum Gasteiger partial charge on any atom is -0.348 e. The van der Waals surface area contributed by atoms with Gasteiger partial charge in [0, 0.05) is 24.1 Å². The predicted octanol–water partition coefficient (Wildman–Crippen LogP) is 4.13. The van der Waals surface area contributed by atoms with E-state index in [0.717, 1.165) is 17.5 Å². The number of hydrogen-bond donors (Lipinski definition) is 1. The molecule has 2 aromatic carbocycles. The maximum atomic E-state index is 13.0. The Morgan fingerprint density at radius 2 is 1.96 bits per heavy atom. The molecule has 2 atom stereocenters. The molecule has 0 unspecified atom stereocenters. The van der Waals surface area contributed by atoms with Gasteiger partial charge in [0.2, 0.25) is 0 Å². The summed E-state index contributed by atoms with van der Waals surface area (Å²) >= 11 is 0. The van der Waals surface area contributed by atoms with Crippen molar-refractivity contribution in [3.63, 3.8) is 0 Å². The van der Waals surface area contributed by atoms with Crippen LogP contribution >= 0.6 is 0 Å². The second-order valence-corrected chi connectivity index (χ2v) is 7.58. The number of hydrogen-bond acceptors (Lipinski definition) is 2. The average molecular weight is 348 g/mol. The van der Waals surface area contributed by atoms with E-state index in [9.17, 15) is 4.79 Å². The van der Waals surface area contributed by atoms with Crippen LogP contribution in [0.4, 0.5) is 0 Å². The summed E-state index contributed by atoms with van der Waals surface area (Å²) in [5.41, 5.74) is 4.75. The van der Waals surface area contributed by atoms with Crippen molar-refractivity contribution in [1.82, 2.24) is 10.2 Å². The third kappa shape index (κ3) is 3.28. The first-order chi connectivity index (χ1) is 12.8. The first-order valence-electron chi connectivity index (χ1n) is 9.96. The van der Waals surface area contributed by atoms with Gasteiger partial charge >= 0.3 is 0 Å². The van der Waals surface area contributed by atoms with Crippen molar-refractivity contribution in [2.24, 2.45) is 0 Å². The number of nitrogens with one attached hydrogen (secondary N) is 1. The monoisotopic (exact) mass is 348 g/mol. The molecule has 0 bridgehead atoms. The van der Waals surface area contributed by atoms with Gasteiger partial charge in [0.1, 0.15) is 0 Å². The topological polar surface area (TPSA) is 32.3 Å². The van der Waals surface area contributed by atoms with Crippen LogP contribution in [0.15, 0.2) is 48.5 Å². The van der Waals surface area contributed by atoms with Gasteiger partial charge in [-0.1, -0.05) is 49.4 Å². The third-order valence-electron chi connectivity index (χ3n) is 5.99. The Labute approximate surface area is 156 Å². The SMILES string of the molecule is CCCN1CC[C@H]2c3c(cccc3C(=O)NCc3ccccc3)CC[C@H]21. The quantitative estimate of drug-likeness (QED) is 0.881. The molecule has 1 amide bonds. The van der Waals surface area contributed by atoms with Crippen LogP contribution in [-0.2, 0) is 13.0 Å². The molecule has 2 aromatic rings.